The summed E-state index contributed by atoms with van der Waals surface area (Å²) in [5.74, 6) is 0.602. The van der Waals surface area contributed by atoms with Gasteiger partial charge in [-0.2, -0.15) is 8.78 Å². The molecule has 1 atom stereocenters. The first-order valence-corrected chi connectivity index (χ1v) is 10.4. The van der Waals surface area contributed by atoms with E-state index in [1.807, 2.05) is 18.2 Å². The number of halogens is 3. The first-order chi connectivity index (χ1) is 13.5. The molecule has 0 radical (unpaired) electrons. The number of hydrogen-bond acceptors (Lipinski definition) is 5. The summed E-state index contributed by atoms with van der Waals surface area (Å²) in [6, 6.07) is 6.54. The molecule has 9 heteroatoms. The molecule has 4 rings (SSSR count). The van der Waals surface area contributed by atoms with Crippen molar-refractivity contribution >= 4 is 22.0 Å². The van der Waals surface area contributed by atoms with Crippen molar-refractivity contribution in [3.05, 3.63) is 41.6 Å². The molecule has 0 aromatic heterocycles. The SMILES string of the molecule is CC(C)(C)OC(=O)N1C2C(=CN1C(F)(F)Br)C1(CCNCC1)Oc1ccccc12. The Morgan fingerprint density at radius 1 is 1.28 bits per heavy atom. The molecule has 1 unspecified atom stereocenters. The van der Waals surface area contributed by atoms with Gasteiger partial charge in [-0.1, -0.05) is 18.2 Å². The molecule has 0 aliphatic carbocycles. The molecule has 3 heterocycles. The van der Waals surface area contributed by atoms with Crippen LogP contribution in [0.4, 0.5) is 13.6 Å². The summed E-state index contributed by atoms with van der Waals surface area (Å²) in [6.07, 6.45) is 1.74. The van der Waals surface area contributed by atoms with Crippen molar-refractivity contribution in [1.29, 1.82) is 0 Å². The van der Waals surface area contributed by atoms with Crippen LogP contribution in [0.15, 0.2) is 36.0 Å². The summed E-state index contributed by atoms with van der Waals surface area (Å²) in [5, 5.41) is 4.91. The molecule has 6 nitrogen and oxygen atoms in total. The van der Waals surface area contributed by atoms with Crippen LogP contribution in [-0.2, 0) is 4.74 Å². The first kappa shape index (κ1) is 20.4. The highest BCUT2D eigenvalue weighted by Gasteiger charge is 2.57. The van der Waals surface area contributed by atoms with Gasteiger partial charge in [0.1, 0.15) is 23.0 Å². The number of fused-ring (bicyclic) bond motifs is 4. The number of para-hydroxylation sites is 1. The van der Waals surface area contributed by atoms with Crippen LogP contribution in [0.3, 0.4) is 0 Å². The molecule has 1 aromatic rings. The summed E-state index contributed by atoms with van der Waals surface area (Å²) in [7, 11) is 0. The highest BCUT2D eigenvalue weighted by atomic mass is 79.9. The third-order valence-corrected chi connectivity index (χ3v) is 5.69. The van der Waals surface area contributed by atoms with Crippen molar-refractivity contribution in [3.8, 4) is 5.75 Å². The Morgan fingerprint density at radius 2 is 1.93 bits per heavy atom. The molecule has 0 bridgehead atoms. The van der Waals surface area contributed by atoms with E-state index in [0.717, 1.165) is 5.01 Å². The maximum Gasteiger partial charge on any atom is 0.430 e. The first-order valence-electron chi connectivity index (χ1n) is 9.61. The van der Waals surface area contributed by atoms with Crippen LogP contribution in [0.1, 0.15) is 45.2 Å². The Balaban J connectivity index is 1.86. The fourth-order valence-corrected chi connectivity index (χ4v) is 4.45. The van der Waals surface area contributed by atoms with Crippen LogP contribution in [0.2, 0.25) is 0 Å². The Morgan fingerprint density at radius 3 is 2.55 bits per heavy atom. The van der Waals surface area contributed by atoms with Crippen molar-refractivity contribution in [1.82, 2.24) is 15.3 Å². The summed E-state index contributed by atoms with van der Waals surface area (Å²) in [6.45, 7) is 6.52. The summed E-state index contributed by atoms with van der Waals surface area (Å²) < 4.78 is 41.0. The third-order valence-electron chi connectivity index (χ3n) is 5.33. The van der Waals surface area contributed by atoms with Crippen molar-refractivity contribution < 1.29 is 23.0 Å². The van der Waals surface area contributed by atoms with Crippen molar-refractivity contribution in [2.45, 2.75) is 55.8 Å². The number of carbonyl (C=O) groups excluding carboxylic acids is 1. The minimum absolute atomic E-state index is 0.602. The highest BCUT2D eigenvalue weighted by molar-refractivity contribution is 9.09. The molecular weight excluding hydrogens is 448 g/mol. The van der Waals surface area contributed by atoms with Crippen LogP contribution in [-0.4, -0.2) is 45.4 Å². The van der Waals surface area contributed by atoms with Crippen molar-refractivity contribution in [3.63, 3.8) is 0 Å². The van der Waals surface area contributed by atoms with Crippen molar-refractivity contribution in [2.75, 3.05) is 13.1 Å². The van der Waals surface area contributed by atoms with E-state index in [4.69, 9.17) is 9.47 Å². The Hall–Kier alpha value is -1.87. The average Bonchev–Trinajstić information content (AvgIpc) is 3.04. The fraction of sp³-hybridized carbons (Fsp3) is 0.550. The minimum Gasteiger partial charge on any atom is -0.482 e. The smallest absolute Gasteiger partial charge is 0.430 e. The van der Waals surface area contributed by atoms with E-state index in [9.17, 15) is 13.6 Å². The van der Waals surface area contributed by atoms with E-state index in [2.05, 4.69) is 21.2 Å². The Bertz CT molecular complexity index is 844. The topological polar surface area (TPSA) is 54.0 Å². The zero-order valence-electron chi connectivity index (χ0n) is 16.5. The molecule has 158 valence electrons. The number of nitrogens with zero attached hydrogens (tertiary/aromatic N) is 2. The molecule has 1 saturated heterocycles. The lowest BCUT2D eigenvalue weighted by Crippen LogP contribution is -2.54. The summed E-state index contributed by atoms with van der Waals surface area (Å²) in [5.41, 5.74) is -0.280. The average molecular weight is 472 g/mol. The zero-order chi connectivity index (χ0) is 21.0. The monoisotopic (exact) mass is 471 g/mol. The van der Waals surface area contributed by atoms with Gasteiger partial charge in [-0.05, 0) is 39.9 Å². The van der Waals surface area contributed by atoms with Gasteiger partial charge in [0, 0.05) is 46.1 Å². The van der Waals surface area contributed by atoms with Gasteiger partial charge in [-0.15, -0.1) is 0 Å². The molecule has 1 fully saturated rings. The number of benzene rings is 1. The van der Waals surface area contributed by atoms with Crippen molar-refractivity contribution in [2.24, 2.45) is 0 Å². The Kier molecular flexibility index (Phi) is 4.81. The van der Waals surface area contributed by atoms with Crippen LogP contribution in [0, 0.1) is 0 Å². The van der Waals surface area contributed by atoms with Gasteiger partial charge in [0.05, 0.1) is 0 Å². The molecule has 1 aromatic carbocycles. The van der Waals surface area contributed by atoms with Crippen LogP contribution >= 0.6 is 15.9 Å². The molecular formula is C20H24BrF2N3O3. The van der Waals surface area contributed by atoms with Gasteiger partial charge in [-0.25, -0.2) is 14.8 Å². The maximum absolute atomic E-state index is 14.5. The molecule has 1 spiro atoms. The van der Waals surface area contributed by atoms with E-state index in [-0.39, 0.29) is 0 Å². The lowest BCUT2D eigenvalue weighted by atomic mass is 9.77. The number of piperidine rings is 1. The van der Waals surface area contributed by atoms with Crippen LogP contribution < -0.4 is 10.1 Å². The van der Waals surface area contributed by atoms with E-state index in [1.165, 1.54) is 6.20 Å². The number of carbonyl (C=O) groups is 1. The largest absolute Gasteiger partial charge is 0.482 e. The summed E-state index contributed by atoms with van der Waals surface area (Å²) >= 11 is 2.43. The minimum atomic E-state index is -3.47. The van der Waals surface area contributed by atoms with Gasteiger partial charge >= 0.3 is 11.0 Å². The van der Waals surface area contributed by atoms with E-state index in [1.54, 1.807) is 26.8 Å². The maximum atomic E-state index is 14.5. The van der Waals surface area contributed by atoms with E-state index in [0.29, 0.717) is 47.8 Å². The Labute approximate surface area is 176 Å². The molecule has 1 N–H and O–H groups in total. The predicted octanol–water partition coefficient (Wildman–Crippen LogP) is 4.54. The second kappa shape index (κ2) is 6.84. The van der Waals surface area contributed by atoms with Gasteiger partial charge in [0.15, 0.2) is 0 Å². The number of nitrogens with one attached hydrogen (secondary N) is 1. The van der Waals surface area contributed by atoms with E-state index < -0.39 is 28.3 Å². The normalized spacial score (nSPS) is 23.2. The second-order valence-corrected chi connectivity index (χ2v) is 9.46. The number of amides is 1. The predicted molar refractivity (Wildman–Crippen MR) is 107 cm³/mol. The van der Waals surface area contributed by atoms with Crippen LogP contribution in [0.5, 0.6) is 5.75 Å². The lowest BCUT2D eigenvalue weighted by molar-refractivity contribution is -0.143. The van der Waals surface area contributed by atoms with Gasteiger partial charge < -0.3 is 14.8 Å². The lowest BCUT2D eigenvalue weighted by Gasteiger charge is -2.46. The van der Waals surface area contributed by atoms with Gasteiger partial charge in [-0.3, -0.25) is 0 Å². The fourth-order valence-electron chi connectivity index (χ4n) is 4.17. The molecule has 3 aliphatic rings. The third kappa shape index (κ3) is 3.59. The molecule has 1 amide bonds. The number of hydrogen-bond donors (Lipinski definition) is 1. The van der Waals surface area contributed by atoms with Gasteiger partial charge in [0.2, 0.25) is 0 Å². The second-order valence-electron chi connectivity index (χ2n) is 8.51. The molecule has 0 saturated carbocycles. The van der Waals surface area contributed by atoms with Gasteiger partial charge in [0.25, 0.3) is 0 Å². The number of rotatable bonds is 1. The van der Waals surface area contributed by atoms with E-state index >= 15 is 0 Å². The highest BCUT2D eigenvalue weighted by Crippen LogP contribution is 2.55. The number of hydrazine groups is 1. The zero-order valence-corrected chi connectivity index (χ0v) is 18.1. The van der Waals surface area contributed by atoms with Crippen LogP contribution in [0.25, 0.3) is 0 Å². The molecule has 3 aliphatic heterocycles. The summed E-state index contributed by atoms with van der Waals surface area (Å²) in [4.78, 5) is 9.60. The molecule has 29 heavy (non-hydrogen) atoms. The number of ether oxygens (including phenoxy) is 2. The standard InChI is InChI=1S/C20H24BrF2N3O3/c1-18(2,3)29-17(27)26-16-13-6-4-5-7-15(13)28-19(8-10-24-11-9-19)14(16)12-25(26)20(21,22)23/h4-7,12,16,24H,8-11H2,1-3H3. The quantitative estimate of drug-likeness (QED) is 0.481. The number of alkyl halides is 3.